The van der Waals surface area contributed by atoms with E-state index in [1.807, 2.05) is 0 Å². The normalized spacial score (nSPS) is 14.4. The lowest BCUT2D eigenvalue weighted by atomic mass is 9.91. The van der Waals surface area contributed by atoms with Gasteiger partial charge >= 0.3 is 5.97 Å². The van der Waals surface area contributed by atoms with E-state index in [1.165, 1.54) is 28.4 Å². The van der Waals surface area contributed by atoms with E-state index in [1.54, 1.807) is 39.0 Å². The Bertz CT molecular complexity index is 684. The number of esters is 1. The van der Waals surface area contributed by atoms with Crippen molar-refractivity contribution < 1.29 is 42.7 Å². The first kappa shape index (κ1) is 26.8. The van der Waals surface area contributed by atoms with E-state index in [-0.39, 0.29) is 20.2 Å². The van der Waals surface area contributed by atoms with Crippen molar-refractivity contribution in [3.8, 4) is 11.5 Å². The summed E-state index contributed by atoms with van der Waals surface area (Å²) < 4.78 is 37.7. The Morgan fingerprint density at radius 3 is 2.10 bits per heavy atom. The van der Waals surface area contributed by atoms with Crippen LogP contribution in [0.25, 0.3) is 0 Å². The zero-order valence-corrected chi connectivity index (χ0v) is 19.3. The number of benzene rings is 1. The summed E-state index contributed by atoms with van der Waals surface area (Å²) in [6, 6.07) is 5.23. The van der Waals surface area contributed by atoms with Crippen molar-refractivity contribution >= 4 is 12.3 Å². The van der Waals surface area contributed by atoms with Crippen LogP contribution in [0.1, 0.15) is 32.4 Å². The number of rotatable bonds is 14. The van der Waals surface area contributed by atoms with Crippen LogP contribution in [0, 0.1) is 11.3 Å². The molecule has 0 aliphatic rings. The second kappa shape index (κ2) is 13.3. The molecule has 0 aromatic heterocycles. The molecule has 1 aromatic carbocycles. The molecule has 0 unspecified atom stereocenters. The van der Waals surface area contributed by atoms with Crippen LogP contribution < -0.4 is 9.47 Å². The van der Waals surface area contributed by atoms with Gasteiger partial charge in [-0.1, -0.05) is 6.07 Å². The Morgan fingerprint density at radius 1 is 0.968 bits per heavy atom. The van der Waals surface area contributed by atoms with Gasteiger partial charge in [0.1, 0.15) is 26.0 Å². The van der Waals surface area contributed by atoms with Crippen LogP contribution in [0.4, 0.5) is 0 Å². The van der Waals surface area contributed by atoms with Gasteiger partial charge in [0.05, 0.1) is 38.3 Å². The molecule has 0 spiro atoms. The number of methoxy groups -OCH3 is 4. The minimum absolute atomic E-state index is 0.0570. The second-order valence-corrected chi connectivity index (χ2v) is 7.79. The quantitative estimate of drug-likeness (QED) is 0.245. The monoisotopic (exact) mass is 442 g/mol. The molecule has 0 radical (unpaired) electrons. The predicted molar refractivity (Wildman–Crippen MR) is 112 cm³/mol. The summed E-state index contributed by atoms with van der Waals surface area (Å²) in [7, 11) is 5.99. The number of aldehydes is 1. The minimum atomic E-state index is -0.970. The fourth-order valence-corrected chi connectivity index (χ4v) is 2.79. The molecule has 0 saturated heterocycles. The molecule has 0 bridgehead atoms. The van der Waals surface area contributed by atoms with Gasteiger partial charge in [-0.25, -0.2) is 0 Å². The summed E-state index contributed by atoms with van der Waals surface area (Å²) in [4.78, 5) is 24.2. The van der Waals surface area contributed by atoms with Crippen molar-refractivity contribution in [3.05, 3.63) is 23.8 Å². The highest BCUT2D eigenvalue weighted by Gasteiger charge is 2.35. The van der Waals surface area contributed by atoms with Gasteiger partial charge in [0.2, 0.25) is 0 Å². The first-order chi connectivity index (χ1) is 14.7. The van der Waals surface area contributed by atoms with Gasteiger partial charge in [0.15, 0.2) is 11.5 Å². The zero-order chi connectivity index (χ0) is 23.4. The molecule has 176 valence electrons. The molecule has 0 aliphatic heterocycles. The molecule has 0 saturated carbocycles. The molecule has 0 amide bonds. The number of hydrogen-bond donors (Lipinski definition) is 0. The van der Waals surface area contributed by atoms with E-state index >= 15 is 0 Å². The molecular formula is C22H34O9. The first-order valence-electron chi connectivity index (χ1n) is 9.78. The van der Waals surface area contributed by atoms with Gasteiger partial charge in [-0.2, -0.15) is 0 Å². The molecule has 0 aliphatic carbocycles. The molecule has 0 N–H and O–H groups in total. The van der Waals surface area contributed by atoms with Crippen molar-refractivity contribution in [3.63, 3.8) is 0 Å². The lowest BCUT2D eigenvalue weighted by Crippen LogP contribution is -2.38. The number of carbonyl (C=O) groups excluding carboxylic acids is 2. The van der Waals surface area contributed by atoms with Crippen LogP contribution >= 0.6 is 0 Å². The van der Waals surface area contributed by atoms with E-state index in [0.29, 0.717) is 23.3 Å². The number of ether oxygens (including phenoxy) is 7. The highest BCUT2D eigenvalue weighted by atomic mass is 16.7. The van der Waals surface area contributed by atoms with Crippen LogP contribution in [0.3, 0.4) is 0 Å². The Kier molecular flexibility index (Phi) is 11.5. The molecule has 1 rings (SSSR count). The van der Waals surface area contributed by atoms with Crippen molar-refractivity contribution in [1.82, 2.24) is 0 Å². The van der Waals surface area contributed by atoms with Gasteiger partial charge in [0.25, 0.3) is 0 Å². The molecule has 1 aromatic rings. The molecule has 0 fully saturated rings. The van der Waals surface area contributed by atoms with Gasteiger partial charge in [0, 0.05) is 14.2 Å². The topological polar surface area (TPSA) is 98.8 Å². The van der Waals surface area contributed by atoms with Gasteiger partial charge in [-0.3, -0.25) is 4.79 Å². The Labute approximate surface area is 183 Å². The maximum Gasteiger partial charge on any atom is 0.311 e. The standard InChI is InChI=1S/C22H34O9/c1-22(2,3)21(24)29-12-16(19(11-23)30-13-25-4)20(31-14-26-5)15-8-9-17(27-6)18(10-15)28-7/h8-11,16,19-20H,12-14H2,1-7H3/t16-,19-,20-/m0/s1. The number of hydrogen-bond acceptors (Lipinski definition) is 9. The number of carbonyl (C=O) groups is 2. The Balaban J connectivity index is 3.35. The summed E-state index contributed by atoms with van der Waals surface area (Å²) in [6.45, 7) is 4.95. The van der Waals surface area contributed by atoms with Crippen LogP contribution in [0.5, 0.6) is 11.5 Å². The second-order valence-electron chi connectivity index (χ2n) is 7.79. The molecule has 9 heteroatoms. The summed E-state index contributed by atoms with van der Waals surface area (Å²) >= 11 is 0. The highest BCUT2D eigenvalue weighted by Crippen LogP contribution is 2.36. The third-order valence-electron chi connectivity index (χ3n) is 4.44. The fraction of sp³-hybridized carbons (Fsp3) is 0.636. The third-order valence-corrected chi connectivity index (χ3v) is 4.44. The zero-order valence-electron chi connectivity index (χ0n) is 19.3. The van der Waals surface area contributed by atoms with Crippen molar-refractivity contribution in [2.75, 3.05) is 48.6 Å². The first-order valence-corrected chi connectivity index (χ1v) is 9.78. The smallest absolute Gasteiger partial charge is 0.311 e. The van der Waals surface area contributed by atoms with Crippen LogP contribution in [0.15, 0.2) is 18.2 Å². The average molecular weight is 443 g/mol. The van der Waals surface area contributed by atoms with Crippen LogP contribution in [-0.2, 0) is 33.3 Å². The van der Waals surface area contributed by atoms with E-state index in [2.05, 4.69) is 0 Å². The lowest BCUT2D eigenvalue weighted by molar-refractivity contribution is -0.173. The molecule has 9 nitrogen and oxygen atoms in total. The van der Waals surface area contributed by atoms with E-state index in [0.717, 1.165) is 0 Å². The van der Waals surface area contributed by atoms with E-state index in [9.17, 15) is 9.59 Å². The molecule has 0 heterocycles. The lowest BCUT2D eigenvalue weighted by Gasteiger charge is -2.31. The summed E-state index contributed by atoms with van der Waals surface area (Å²) in [6.07, 6.45) is -1.05. The summed E-state index contributed by atoms with van der Waals surface area (Å²) in [5.74, 6) is -0.0779. The maximum atomic E-state index is 12.4. The molecular weight excluding hydrogens is 408 g/mol. The molecule has 3 atom stereocenters. The predicted octanol–water partition coefficient (Wildman–Crippen LogP) is 2.76. The SMILES string of the molecule is COCO[C@@H](C=O)[C@H](COC(=O)C(C)(C)C)[C@@H](OCOC)c1ccc(OC)c(OC)c1. The highest BCUT2D eigenvalue weighted by molar-refractivity contribution is 5.75. The van der Waals surface area contributed by atoms with Gasteiger partial charge < -0.3 is 38.0 Å². The van der Waals surface area contributed by atoms with Crippen molar-refractivity contribution in [1.29, 1.82) is 0 Å². The van der Waals surface area contributed by atoms with Crippen molar-refractivity contribution in [2.45, 2.75) is 33.0 Å². The van der Waals surface area contributed by atoms with E-state index in [4.69, 9.17) is 33.2 Å². The maximum absolute atomic E-state index is 12.4. The van der Waals surface area contributed by atoms with Crippen LogP contribution in [0.2, 0.25) is 0 Å². The average Bonchev–Trinajstić information content (AvgIpc) is 2.75. The third kappa shape index (κ3) is 8.10. The van der Waals surface area contributed by atoms with Gasteiger partial charge in [-0.05, 0) is 38.5 Å². The van der Waals surface area contributed by atoms with Crippen LogP contribution in [-0.4, -0.2) is 67.0 Å². The molecule has 31 heavy (non-hydrogen) atoms. The fourth-order valence-electron chi connectivity index (χ4n) is 2.79. The largest absolute Gasteiger partial charge is 0.493 e. The van der Waals surface area contributed by atoms with Gasteiger partial charge in [-0.15, -0.1) is 0 Å². The summed E-state index contributed by atoms with van der Waals surface area (Å²) in [5.41, 5.74) is -0.0414. The Hall–Kier alpha value is -2.20. The Morgan fingerprint density at radius 2 is 1.58 bits per heavy atom. The summed E-state index contributed by atoms with van der Waals surface area (Å²) in [5, 5.41) is 0. The minimum Gasteiger partial charge on any atom is -0.493 e. The van der Waals surface area contributed by atoms with E-state index < -0.39 is 29.5 Å². The van der Waals surface area contributed by atoms with Crippen molar-refractivity contribution in [2.24, 2.45) is 11.3 Å².